The minimum absolute atomic E-state index is 0.111. The van der Waals surface area contributed by atoms with Crippen molar-refractivity contribution in [3.05, 3.63) is 29.8 Å². The quantitative estimate of drug-likeness (QED) is 0.893. The maximum Gasteiger partial charge on any atom is 0.264 e. The minimum Gasteiger partial charge on any atom is -0.274 e. The molecule has 0 atom stereocenters. The molecule has 0 radical (unpaired) electrons. The molecule has 0 heterocycles. The highest BCUT2D eigenvalue weighted by Gasteiger charge is 2.17. The predicted molar refractivity (Wildman–Crippen MR) is 66.0 cm³/mol. The van der Waals surface area contributed by atoms with E-state index >= 15 is 0 Å². The molecule has 4 nitrogen and oxygen atoms in total. The Bertz CT molecular complexity index is 489. The molecule has 5 heteroatoms. The first kappa shape index (κ1) is 13.7. The molecule has 0 aliphatic rings. The summed E-state index contributed by atoms with van der Waals surface area (Å²) in [6.45, 7) is 5.59. The smallest absolute Gasteiger partial charge is 0.264 e. The zero-order valence-corrected chi connectivity index (χ0v) is 11.0. The predicted octanol–water partition coefficient (Wildman–Crippen LogP) is 1.85. The Kier molecular flexibility index (Phi) is 4.28. The first-order valence-corrected chi connectivity index (χ1v) is 6.92. The second kappa shape index (κ2) is 5.31. The normalized spacial score (nSPS) is 11.5. The third-order valence-corrected chi connectivity index (χ3v) is 3.56. The number of sulfonamides is 1. The first-order valence-electron chi connectivity index (χ1n) is 5.43. The molecule has 1 rings (SSSR count). The Morgan fingerprint density at radius 1 is 1.24 bits per heavy atom. The van der Waals surface area contributed by atoms with E-state index < -0.39 is 15.9 Å². The summed E-state index contributed by atoms with van der Waals surface area (Å²) in [6.07, 6.45) is 0.199. The van der Waals surface area contributed by atoms with Gasteiger partial charge in [0.05, 0.1) is 4.90 Å². The van der Waals surface area contributed by atoms with E-state index in [1.807, 2.05) is 20.8 Å². The summed E-state index contributed by atoms with van der Waals surface area (Å²) in [5, 5.41) is 0. The highest BCUT2D eigenvalue weighted by atomic mass is 32.2. The summed E-state index contributed by atoms with van der Waals surface area (Å²) in [5.41, 5.74) is 0.970. The van der Waals surface area contributed by atoms with Crippen LogP contribution in [0, 0.1) is 12.8 Å². The van der Waals surface area contributed by atoms with Gasteiger partial charge in [0.15, 0.2) is 0 Å². The lowest BCUT2D eigenvalue weighted by molar-refractivity contribution is -0.120. The number of benzene rings is 1. The molecule has 0 aliphatic heterocycles. The second-order valence-corrected chi connectivity index (χ2v) is 6.12. The zero-order valence-electron chi connectivity index (χ0n) is 10.2. The first-order chi connectivity index (χ1) is 7.81. The van der Waals surface area contributed by atoms with Gasteiger partial charge in [0.25, 0.3) is 10.0 Å². The van der Waals surface area contributed by atoms with Crippen molar-refractivity contribution in [1.29, 1.82) is 0 Å². The topological polar surface area (TPSA) is 63.2 Å². The number of amides is 1. The van der Waals surface area contributed by atoms with E-state index in [4.69, 9.17) is 0 Å². The van der Waals surface area contributed by atoms with Gasteiger partial charge in [0.2, 0.25) is 5.91 Å². The van der Waals surface area contributed by atoms with Gasteiger partial charge in [-0.3, -0.25) is 4.79 Å². The van der Waals surface area contributed by atoms with Gasteiger partial charge < -0.3 is 0 Å². The average Bonchev–Trinajstić information content (AvgIpc) is 2.15. The molecule has 1 aromatic rings. The Balaban J connectivity index is 2.82. The number of aryl methyl sites for hydroxylation is 1. The number of carbonyl (C=O) groups excluding carboxylic acids is 1. The molecular formula is C12H17NO3S. The van der Waals surface area contributed by atoms with E-state index in [2.05, 4.69) is 4.72 Å². The van der Waals surface area contributed by atoms with Crippen LogP contribution in [0.25, 0.3) is 0 Å². The number of rotatable bonds is 4. The van der Waals surface area contributed by atoms with Crippen molar-refractivity contribution >= 4 is 15.9 Å². The second-order valence-electron chi connectivity index (χ2n) is 4.44. The van der Waals surface area contributed by atoms with Gasteiger partial charge in [0.1, 0.15) is 0 Å². The fourth-order valence-electron chi connectivity index (χ4n) is 1.34. The van der Waals surface area contributed by atoms with E-state index in [9.17, 15) is 13.2 Å². The van der Waals surface area contributed by atoms with Crippen molar-refractivity contribution in [2.75, 3.05) is 0 Å². The van der Waals surface area contributed by atoms with Crippen molar-refractivity contribution in [1.82, 2.24) is 4.72 Å². The third-order valence-electron chi connectivity index (χ3n) is 2.17. The van der Waals surface area contributed by atoms with Gasteiger partial charge in [-0.1, -0.05) is 31.5 Å². The van der Waals surface area contributed by atoms with Crippen LogP contribution in [0.5, 0.6) is 0 Å². The maximum atomic E-state index is 11.8. The summed E-state index contributed by atoms with van der Waals surface area (Å²) in [7, 11) is -3.72. The van der Waals surface area contributed by atoms with E-state index in [1.54, 1.807) is 12.1 Å². The average molecular weight is 255 g/mol. The highest BCUT2D eigenvalue weighted by Crippen LogP contribution is 2.10. The number of nitrogens with one attached hydrogen (secondary N) is 1. The SMILES string of the molecule is Cc1ccc(S(=O)(=O)NC(=O)CC(C)C)cc1. The summed E-state index contributed by atoms with van der Waals surface area (Å²) in [5.74, 6) is -0.344. The Morgan fingerprint density at radius 2 is 1.76 bits per heavy atom. The van der Waals surface area contributed by atoms with Crippen LogP contribution >= 0.6 is 0 Å². The largest absolute Gasteiger partial charge is 0.274 e. The lowest BCUT2D eigenvalue weighted by Gasteiger charge is -2.08. The standard InChI is InChI=1S/C12H17NO3S/c1-9(2)8-12(14)13-17(15,16)11-6-4-10(3)5-7-11/h4-7,9H,8H2,1-3H3,(H,13,14). The molecule has 1 amide bonds. The minimum atomic E-state index is -3.72. The molecule has 0 aromatic heterocycles. The van der Waals surface area contributed by atoms with Gasteiger partial charge >= 0.3 is 0 Å². The Hall–Kier alpha value is -1.36. The van der Waals surface area contributed by atoms with Crippen LogP contribution in [0.4, 0.5) is 0 Å². The molecule has 0 bridgehead atoms. The van der Waals surface area contributed by atoms with E-state index in [0.717, 1.165) is 5.56 Å². The van der Waals surface area contributed by atoms with E-state index in [0.29, 0.717) is 0 Å². The van der Waals surface area contributed by atoms with Crippen LogP contribution in [0.15, 0.2) is 29.2 Å². The molecule has 1 aromatic carbocycles. The molecule has 0 fully saturated rings. The number of hydrogen-bond acceptors (Lipinski definition) is 3. The molecule has 94 valence electrons. The molecule has 0 aliphatic carbocycles. The van der Waals surface area contributed by atoms with Crippen molar-refractivity contribution in [2.24, 2.45) is 5.92 Å². The highest BCUT2D eigenvalue weighted by molar-refractivity contribution is 7.90. The van der Waals surface area contributed by atoms with Gasteiger partial charge in [-0.05, 0) is 25.0 Å². The van der Waals surface area contributed by atoms with Crippen LogP contribution in [-0.4, -0.2) is 14.3 Å². The van der Waals surface area contributed by atoms with Crippen LogP contribution in [0.2, 0.25) is 0 Å². The van der Waals surface area contributed by atoms with Crippen LogP contribution in [-0.2, 0) is 14.8 Å². The molecule has 0 unspecified atom stereocenters. The molecule has 1 N–H and O–H groups in total. The van der Waals surface area contributed by atoms with Gasteiger partial charge in [0, 0.05) is 6.42 Å². The summed E-state index contributed by atoms with van der Waals surface area (Å²) in [4.78, 5) is 11.5. The van der Waals surface area contributed by atoms with E-state index in [-0.39, 0.29) is 17.2 Å². The van der Waals surface area contributed by atoms with Gasteiger partial charge in [-0.15, -0.1) is 0 Å². The van der Waals surface area contributed by atoms with Crippen molar-refractivity contribution < 1.29 is 13.2 Å². The molecule has 0 saturated heterocycles. The third kappa shape index (κ3) is 4.19. The molecule has 17 heavy (non-hydrogen) atoms. The summed E-state index contributed by atoms with van der Waals surface area (Å²) in [6, 6.07) is 6.36. The lowest BCUT2D eigenvalue weighted by atomic mass is 10.1. The summed E-state index contributed by atoms with van der Waals surface area (Å²) >= 11 is 0. The maximum absolute atomic E-state index is 11.8. The fourth-order valence-corrected chi connectivity index (χ4v) is 2.33. The van der Waals surface area contributed by atoms with Gasteiger partial charge in [-0.25, -0.2) is 13.1 Å². The van der Waals surface area contributed by atoms with E-state index in [1.165, 1.54) is 12.1 Å². The fraction of sp³-hybridized carbons (Fsp3) is 0.417. The van der Waals surface area contributed by atoms with Crippen molar-refractivity contribution in [3.8, 4) is 0 Å². The molecule has 0 saturated carbocycles. The zero-order chi connectivity index (χ0) is 13.1. The van der Waals surface area contributed by atoms with Gasteiger partial charge in [-0.2, -0.15) is 0 Å². The molecular weight excluding hydrogens is 238 g/mol. The lowest BCUT2D eigenvalue weighted by Crippen LogP contribution is -2.31. The monoisotopic (exact) mass is 255 g/mol. The van der Waals surface area contributed by atoms with Crippen molar-refractivity contribution in [2.45, 2.75) is 32.1 Å². The Labute approximate surface area is 102 Å². The number of carbonyl (C=O) groups is 1. The Morgan fingerprint density at radius 3 is 2.24 bits per heavy atom. The van der Waals surface area contributed by atoms with Crippen LogP contribution in [0.1, 0.15) is 25.8 Å². The molecule has 0 spiro atoms. The summed E-state index contributed by atoms with van der Waals surface area (Å²) < 4.78 is 25.7. The van der Waals surface area contributed by atoms with Crippen LogP contribution < -0.4 is 4.72 Å². The number of hydrogen-bond donors (Lipinski definition) is 1. The van der Waals surface area contributed by atoms with Crippen LogP contribution in [0.3, 0.4) is 0 Å². The van der Waals surface area contributed by atoms with Crippen molar-refractivity contribution in [3.63, 3.8) is 0 Å².